The number of amides is 1. The number of H-pyrrole nitrogens is 1. The van der Waals surface area contributed by atoms with E-state index in [0.29, 0.717) is 11.3 Å². The Labute approximate surface area is 111 Å². The maximum Gasteiger partial charge on any atom is 0.255 e. The number of aryl methyl sites for hydroxylation is 1. The molecule has 3 N–H and O–H groups in total. The van der Waals surface area contributed by atoms with E-state index >= 15 is 0 Å². The van der Waals surface area contributed by atoms with Gasteiger partial charge in [0.1, 0.15) is 0 Å². The lowest BCUT2D eigenvalue weighted by Crippen LogP contribution is -2.46. The molecule has 0 aliphatic heterocycles. The highest BCUT2D eigenvalue weighted by atomic mass is 16.3. The molecule has 0 aliphatic rings. The molecule has 1 atom stereocenters. The quantitative estimate of drug-likeness (QED) is 0.775. The summed E-state index contributed by atoms with van der Waals surface area (Å²) < 4.78 is 0. The van der Waals surface area contributed by atoms with Crippen LogP contribution in [-0.2, 0) is 5.54 Å². The van der Waals surface area contributed by atoms with Gasteiger partial charge in [0.15, 0.2) is 0 Å². The van der Waals surface area contributed by atoms with Crippen LogP contribution in [0.3, 0.4) is 0 Å². The molecular formula is C14H17N3O2. The van der Waals surface area contributed by atoms with Crippen LogP contribution in [0, 0.1) is 6.92 Å². The number of hydrogen-bond acceptors (Lipinski definition) is 3. The predicted octanol–water partition coefficient (Wildman–Crippen LogP) is 1.36. The van der Waals surface area contributed by atoms with Crippen molar-refractivity contribution in [2.24, 2.45) is 0 Å². The molecule has 5 heteroatoms. The number of aromatic amines is 1. The molecule has 0 aliphatic carbocycles. The first-order valence-electron chi connectivity index (χ1n) is 6.06. The predicted molar refractivity (Wildman–Crippen MR) is 71.7 cm³/mol. The summed E-state index contributed by atoms with van der Waals surface area (Å²) in [5.74, 6) is -0.258. The second-order valence-electron chi connectivity index (χ2n) is 4.72. The standard InChI is InChI=1S/C14H17N3O2/c1-10-12(8-15-17-10)13(19)16-14(2,9-18)11-6-4-3-5-7-11/h3-8,18H,9H2,1-2H3,(H,15,17)(H,16,19). The zero-order valence-corrected chi connectivity index (χ0v) is 11.0. The average Bonchev–Trinajstić information content (AvgIpc) is 2.86. The van der Waals surface area contributed by atoms with Gasteiger partial charge in [0, 0.05) is 5.69 Å². The third-order valence-electron chi connectivity index (χ3n) is 3.19. The van der Waals surface area contributed by atoms with E-state index in [0.717, 1.165) is 5.56 Å². The molecule has 0 radical (unpaired) electrons. The zero-order valence-electron chi connectivity index (χ0n) is 11.0. The zero-order chi connectivity index (χ0) is 13.9. The number of rotatable bonds is 4. The van der Waals surface area contributed by atoms with E-state index in [2.05, 4.69) is 15.5 Å². The Kier molecular flexibility index (Phi) is 3.66. The summed E-state index contributed by atoms with van der Waals surface area (Å²) in [5.41, 5.74) is 1.22. The van der Waals surface area contributed by atoms with Crippen molar-refractivity contribution in [1.82, 2.24) is 15.5 Å². The van der Waals surface area contributed by atoms with Crippen LogP contribution in [0.25, 0.3) is 0 Å². The van der Waals surface area contributed by atoms with E-state index < -0.39 is 5.54 Å². The summed E-state index contributed by atoms with van der Waals surface area (Å²) in [5, 5.41) is 19.0. The smallest absolute Gasteiger partial charge is 0.255 e. The summed E-state index contributed by atoms with van der Waals surface area (Å²) in [4.78, 5) is 12.2. The Morgan fingerprint density at radius 2 is 2.11 bits per heavy atom. The summed E-state index contributed by atoms with van der Waals surface area (Å²) >= 11 is 0. The second-order valence-corrected chi connectivity index (χ2v) is 4.72. The van der Waals surface area contributed by atoms with Crippen molar-refractivity contribution in [1.29, 1.82) is 0 Å². The fraction of sp³-hybridized carbons (Fsp3) is 0.286. The molecule has 19 heavy (non-hydrogen) atoms. The Bertz CT molecular complexity index is 565. The lowest BCUT2D eigenvalue weighted by molar-refractivity contribution is 0.0849. The van der Waals surface area contributed by atoms with Gasteiger partial charge < -0.3 is 10.4 Å². The van der Waals surface area contributed by atoms with Gasteiger partial charge in [-0.05, 0) is 19.4 Å². The van der Waals surface area contributed by atoms with E-state index in [4.69, 9.17) is 0 Å². The molecular weight excluding hydrogens is 242 g/mol. The number of aromatic nitrogens is 2. The first-order valence-corrected chi connectivity index (χ1v) is 6.06. The van der Waals surface area contributed by atoms with Crippen molar-refractivity contribution in [2.75, 3.05) is 6.61 Å². The third-order valence-corrected chi connectivity index (χ3v) is 3.19. The Balaban J connectivity index is 2.25. The van der Waals surface area contributed by atoms with Crippen molar-refractivity contribution < 1.29 is 9.90 Å². The molecule has 100 valence electrons. The van der Waals surface area contributed by atoms with Crippen molar-refractivity contribution in [3.63, 3.8) is 0 Å². The SMILES string of the molecule is Cc1[nH]ncc1C(=O)NC(C)(CO)c1ccccc1. The average molecular weight is 259 g/mol. The minimum Gasteiger partial charge on any atom is -0.394 e. The minimum absolute atomic E-state index is 0.181. The molecule has 1 aromatic heterocycles. The molecule has 5 nitrogen and oxygen atoms in total. The van der Waals surface area contributed by atoms with Crippen LogP contribution in [-0.4, -0.2) is 27.8 Å². The lowest BCUT2D eigenvalue weighted by atomic mass is 9.92. The molecule has 1 amide bonds. The van der Waals surface area contributed by atoms with Crippen LogP contribution in [0.1, 0.15) is 28.5 Å². The number of benzene rings is 1. The summed E-state index contributed by atoms with van der Waals surface area (Å²) in [7, 11) is 0. The van der Waals surface area contributed by atoms with Crippen LogP contribution in [0.4, 0.5) is 0 Å². The molecule has 1 heterocycles. The van der Waals surface area contributed by atoms with Gasteiger partial charge in [-0.1, -0.05) is 30.3 Å². The topological polar surface area (TPSA) is 78.0 Å². The largest absolute Gasteiger partial charge is 0.394 e. The molecule has 2 aromatic rings. The Morgan fingerprint density at radius 3 is 2.63 bits per heavy atom. The van der Waals surface area contributed by atoms with Crippen molar-refractivity contribution in [3.8, 4) is 0 Å². The van der Waals surface area contributed by atoms with E-state index in [1.165, 1.54) is 6.20 Å². The third kappa shape index (κ3) is 2.66. The number of nitrogens with one attached hydrogen (secondary N) is 2. The normalized spacial score (nSPS) is 13.8. The fourth-order valence-electron chi connectivity index (χ4n) is 1.91. The van der Waals surface area contributed by atoms with E-state index in [1.807, 2.05) is 30.3 Å². The van der Waals surface area contributed by atoms with Gasteiger partial charge in [-0.15, -0.1) is 0 Å². The molecule has 0 saturated carbocycles. The molecule has 1 unspecified atom stereocenters. The Hall–Kier alpha value is -2.14. The lowest BCUT2D eigenvalue weighted by Gasteiger charge is -2.29. The summed E-state index contributed by atoms with van der Waals surface area (Å²) in [6.07, 6.45) is 1.48. The van der Waals surface area contributed by atoms with Gasteiger partial charge in [0.25, 0.3) is 5.91 Å². The van der Waals surface area contributed by atoms with Crippen molar-refractivity contribution in [3.05, 3.63) is 53.3 Å². The minimum atomic E-state index is -0.817. The highest BCUT2D eigenvalue weighted by molar-refractivity contribution is 5.95. The van der Waals surface area contributed by atoms with Crippen LogP contribution in [0.2, 0.25) is 0 Å². The number of carbonyl (C=O) groups is 1. The van der Waals surface area contributed by atoms with E-state index in [1.54, 1.807) is 13.8 Å². The monoisotopic (exact) mass is 259 g/mol. The summed E-state index contributed by atoms with van der Waals surface area (Å²) in [6, 6.07) is 9.39. The van der Waals surface area contributed by atoms with Crippen molar-refractivity contribution >= 4 is 5.91 Å². The van der Waals surface area contributed by atoms with Gasteiger partial charge in [-0.25, -0.2) is 0 Å². The molecule has 0 fully saturated rings. The molecule has 0 saturated heterocycles. The number of aliphatic hydroxyl groups excluding tert-OH is 1. The Morgan fingerprint density at radius 1 is 1.42 bits per heavy atom. The van der Waals surface area contributed by atoms with Gasteiger partial charge >= 0.3 is 0 Å². The first-order chi connectivity index (χ1) is 9.07. The van der Waals surface area contributed by atoms with Crippen LogP contribution >= 0.6 is 0 Å². The van der Waals surface area contributed by atoms with Crippen molar-refractivity contribution in [2.45, 2.75) is 19.4 Å². The van der Waals surface area contributed by atoms with E-state index in [9.17, 15) is 9.90 Å². The highest BCUT2D eigenvalue weighted by Gasteiger charge is 2.28. The van der Waals surface area contributed by atoms with Gasteiger partial charge in [-0.2, -0.15) is 5.10 Å². The van der Waals surface area contributed by atoms with Gasteiger partial charge in [0.05, 0.1) is 23.9 Å². The van der Waals surface area contributed by atoms with Crippen LogP contribution < -0.4 is 5.32 Å². The van der Waals surface area contributed by atoms with Crippen LogP contribution in [0.15, 0.2) is 36.5 Å². The maximum absolute atomic E-state index is 12.2. The number of aliphatic hydroxyl groups is 1. The molecule has 0 bridgehead atoms. The second kappa shape index (κ2) is 5.24. The van der Waals surface area contributed by atoms with Gasteiger partial charge in [0.2, 0.25) is 0 Å². The highest BCUT2D eigenvalue weighted by Crippen LogP contribution is 2.20. The molecule has 2 rings (SSSR count). The number of carbonyl (C=O) groups excluding carboxylic acids is 1. The summed E-state index contributed by atoms with van der Waals surface area (Å²) in [6.45, 7) is 3.38. The molecule has 0 spiro atoms. The number of nitrogens with zero attached hydrogens (tertiary/aromatic N) is 1. The molecule has 1 aromatic carbocycles. The van der Waals surface area contributed by atoms with Crippen LogP contribution in [0.5, 0.6) is 0 Å². The fourth-order valence-corrected chi connectivity index (χ4v) is 1.91. The maximum atomic E-state index is 12.2. The van der Waals surface area contributed by atoms with Gasteiger partial charge in [-0.3, -0.25) is 9.89 Å². The van der Waals surface area contributed by atoms with E-state index in [-0.39, 0.29) is 12.5 Å². The number of hydrogen-bond donors (Lipinski definition) is 3. The first kappa shape index (κ1) is 13.3.